The van der Waals surface area contributed by atoms with Crippen LogP contribution in [0.15, 0.2) is 0 Å². The normalized spacial score (nSPS) is 21.6. The minimum atomic E-state index is 0.0208. The number of hydrogen-bond donors (Lipinski definition) is 1. The Balaban J connectivity index is 1.93. The summed E-state index contributed by atoms with van der Waals surface area (Å²) < 4.78 is 0. The number of nitrogens with zero attached hydrogens (tertiary/aromatic N) is 1. The van der Waals surface area contributed by atoms with Gasteiger partial charge in [-0.1, -0.05) is 13.8 Å². The molecule has 2 rings (SSSR count). The van der Waals surface area contributed by atoms with Gasteiger partial charge in [-0.3, -0.25) is 4.79 Å². The minimum absolute atomic E-state index is 0.0208. The Bertz CT molecular complexity index is 255. The molecule has 0 aromatic carbocycles. The van der Waals surface area contributed by atoms with Crippen LogP contribution in [0, 0.1) is 23.7 Å². The molecule has 0 aromatic rings. The predicted octanol–water partition coefficient (Wildman–Crippen LogP) is 1.87. The molecule has 1 atom stereocenters. The maximum atomic E-state index is 12.5. The van der Waals surface area contributed by atoms with Crippen LogP contribution in [-0.4, -0.2) is 30.4 Å². The van der Waals surface area contributed by atoms with E-state index in [-0.39, 0.29) is 5.92 Å². The molecule has 0 heterocycles. The molecule has 1 amide bonds. The van der Waals surface area contributed by atoms with Crippen molar-refractivity contribution in [3.05, 3.63) is 0 Å². The van der Waals surface area contributed by atoms with Crippen molar-refractivity contribution in [2.45, 2.75) is 39.5 Å². The van der Waals surface area contributed by atoms with Crippen molar-refractivity contribution >= 4 is 5.91 Å². The molecule has 0 spiro atoms. The third-order valence-electron chi connectivity index (χ3n) is 4.04. The molecule has 0 aliphatic heterocycles. The van der Waals surface area contributed by atoms with Crippen molar-refractivity contribution in [2.75, 3.05) is 19.6 Å². The fourth-order valence-corrected chi connectivity index (χ4v) is 2.37. The topological polar surface area (TPSA) is 46.3 Å². The van der Waals surface area contributed by atoms with Gasteiger partial charge in [0.2, 0.25) is 5.91 Å². The van der Waals surface area contributed by atoms with Crippen molar-refractivity contribution in [3.63, 3.8) is 0 Å². The largest absolute Gasteiger partial charge is 0.342 e. The zero-order valence-electron chi connectivity index (χ0n) is 11.2. The highest BCUT2D eigenvalue weighted by atomic mass is 16.2. The van der Waals surface area contributed by atoms with Gasteiger partial charge in [0.05, 0.1) is 5.92 Å². The first-order valence-corrected chi connectivity index (χ1v) is 7.10. The van der Waals surface area contributed by atoms with E-state index in [9.17, 15) is 4.79 Å². The van der Waals surface area contributed by atoms with Crippen molar-refractivity contribution in [1.82, 2.24) is 4.90 Å². The Morgan fingerprint density at radius 1 is 1.18 bits per heavy atom. The molecule has 17 heavy (non-hydrogen) atoms. The van der Waals surface area contributed by atoms with E-state index in [0.717, 1.165) is 24.9 Å². The Labute approximate surface area is 105 Å². The summed E-state index contributed by atoms with van der Waals surface area (Å²) in [6.45, 7) is 6.66. The number of amides is 1. The molecule has 0 bridgehead atoms. The summed E-state index contributed by atoms with van der Waals surface area (Å²) in [5.41, 5.74) is 5.76. The SMILES string of the molecule is CC(C)C(CN)C(=O)N(CC1CC1)CC1CC1. The van der Waals surface area contributed by atoms with Crippen LogP contribution in [0.1, 0.15) is 39.5 Å². The van der Waals surface area contributed by atoms with Crippen LogP contribution in [0.4, 0.5) is 0 Å². The fraction of sp³-hybridized carbons (Fsp3) is 0.929. The number of carbonyl (C=O) groups excluding carboxylic acids is 1. The second kappa shape index (κ2) is 5.38. The number of nitrogens with two attached hydrogens (primary N) is 1. The van der Waals surface area contributed by atoms with E-state index < -0.39 is 0 Å². The molecule has 0 aromatic heterocycles. The molecular weight excluding hydrogens is 212 g/mol. The first kappa shape index (κ1) is 12.9. The quantitative estimate of drug-likeness (QED) is 0.736. The average molecular weight is 238 g/mol. The summed E-state index contributed by atoms with van der Waals surface area (Å²) in [5.74, 6) is 2.24. The van der Waals surface area contributed by atoms with E-state index in [1.54, 1.807) is 0 Å². The molecule has 2 N–H and O–H groups in total. The molecule has 0 saturated heterocycles. The van der Waals surface area contributed by atoms with Crippen LogP contribution in [0.2, 0.25) is 0 Å². The summed E-state index contributed by atoms with van der Waals surface area (Å²) in [6.07, 6.45) is 5.24. The maximum Gasteiger partial charge on any atom is 0.227 e. The van der Waals surface area contributed by atoms with Crippen LogP contribution in [-0.2, 0) is 4.79 Å². The van der Waals surface area contributed by atoms with E-state index in [4.69, 9.17) is 5.73 Å². The molecule has 98 valence electrons. The van der Waals surface area contributed by atoms with Crippen LogP contribution in [0.5, 0.6) is 0 Å². The van der Waals surface area contributed by atoms with Crippen molar-refractivity contribution < 1.29 is 4.79 Å². The molecule has 2 saturated carbocycles. The Morgan fingerprint density at radius 3 is 1.94 bits per heavy atom. The van der Waals surface area contributed by atoms with Gasteiger partial charge in [0.15, 0.2) is 0 Å². The van der Waals surface area contributed by atoms with E-state index in [1.807, 2.05) is 0 Å². The third-order valence-corrected chi connectivity index (χ3v) is 4.04. The summed E-state index contributed by atoms with van der Waals surface area (Å²) in [7, 11) is 0. The van der Waals surface area contributed by atoms with Gasteiger partial charge in [0, 0.05) is 19.6 Å². The second-order valence-corrected chi connectivity index (χ2v) is 6.22. The first-order valence-electron chi connectivity index (χ1n) is 7.10. The first-order chi connectivity index (χ1) is 8.11. The van der Waals surface area contributed by atoms with Crippen LogP contribution >= 0.6 is 0 Å². The lowest BCUT2D eigenvalue weighted by molar-refractivity contribution is -0.137. The maximum absolute atomic E-state index is 12.5. The van der Waals surface area contributed by atoms with Gasteiger partial charge in [0.1, 0.15) is 0 Å². The van der Waals surface area contributed by atoms with Gasteiger partial charge < -0.3 is 10.6 Å². The summed E-state index contributed by atoms with van der Waals surface area (Å²) in [5, 5.41) is 0. The van der Waals surface area contributed by atoms with Crippen LogP contribution < -0.4 is 5.73 Å². The van der Waals surface area contributed by atoms with Gasteiger partial charge in [-0.25, -0.2) is 0 Å². The Morgan fingerprint density at radius 2 is 1.65 bits per heavy atom. The van der Waals surface area contributed by atoms with Gasteiger partial charge in [-0.05, 0) is 43.4 Å². The van der Waals surface area contributed by atoms with Gasteiger partial charge in [-0.15, -0.1) is 0 Å². The summed E-state index contributed by atoms with van der Waals surface area (Å²) in [4.78, 5) is 14.6. The standard InChI is InChI=1S/C14H26N2O/c1-10(2)13(7-15)14(17)16(8-11-3-4-11)9-12-5-6-12/h10-13H,3-9,15H2,1-2H3. The molecule has 2 aliphatic carbocycles. The van der Waals surface area contributed by atoms with Gasteiger partial charge in [-0.2, -0.15) is 0 Å². The van der Waals surface area contributed by atoms with Crippen LogP contribution in [0.25, 0.3) is 0 Å². The zero-order valence-corrected chi connectivity index (χ0v) is 11.2. The highest BCUT2D eigenvalue weighted by Crippen LogP contribution is 2.34. The molecule has 1 unspecified atom stereocenters. The molecule has 3 heteroatoms. The van der Waals surface area contributed by atoms with Crippen molar-refractivity contribution in [2.24, 2.45) is 29.4 Å². The Kier molecular flexibility index (Phi) is 4.08. The Hall–Kier alpha value is -0.570. The fourth-order valence-electron chi connectivity index (χ4n) is 2.37. The lowest BCUT2D eigenvalue weighted by atomic mass is 9.94. The highest BCUT2D eigenvalue weighted by molar-refractivity contribution is 5.79. The number of rotatable bonds is 7. The lowest BCUT2D eigenvalue weighted by Crippen LogP contribution is -2.43. The predicted molar refractivity (Wildman–Crippen MR) is 69.4 cm³/mol. The van der Waals surface area contributed by atoms with Crippen molar-refractivity contribution in [1.29, 1.82) is 0 Å². The second-order valence-electron chi connectivity index (χ2n) is 6.22. The van der Waals surface area contributed by atoms with Crippen molar-refractivity contribution in [3.8, 4) is 0 Å². The highest BCUT2D eigenvalue weighted by Gasteiger charge is 2.34. The monoisotopic (exact) mass is 238 g/mol. The smallest absolute Gasteiger partial charge is 0.227 e. The molecule has 2 aliphatic rings. The molecule has 0 radical (unpaired) electrons. The number of carbonyl (C=O) groups is 1. The van der Waals surface area contributed by atoms with E-state index in [0.29, 0.717) is 18.4 Å². The van der Waals surface area contributed by atoms with Gasteiger partial charge >= 0.3 is 0 Å². The van der Waals surface area contributed by atoms with Crippen LogP contribution in [0.3, 0.4) is 0 Å². The van der Waals surface area contributed by atoms with E-state index in [2.05, 4.69) is 18.7 Å². The zero-order chi connectivity index (χ0) is 12.4. The molecular formula is C14H26N2O. The minimum Gasteiger partial charge on any atom is -0.342 e. The number of hydrogen-bond acceptors (Lipinski definition) is 2. The van der Waals surface area contributed by atoms with E-state index >= 15 is 0 Å². The van der Waals surface area contributed by atoms with E-state index in [1.165, 1.54) is 25.7 Å². The lowest BCUT2D eigenvalue weighted by Gasteiger charge is -2.28. The van der Waals surface area contributed by atoms with Gasteiger partial charge in [0.25, 0.3) is 0 Å². The average Bonchev–Trinajstić information content (AvgIpc) is 3.11. The summed E-state index contributed by atoms with van der Waals surface area (Å²) >= 11 is 0. The third kappa shape index (κ3) is 3.70. The summed E-state index contributed by atoms with van der Waals surface area (Å²) in [6, 6.07) is 0. The molecule has 2 fully saturated rings. The molecule has 3 nitrogen and oxygen atoms in total.